The molecule has 0 aliphatic rings. The van der Waals surface area contributed by atoms with Crippen molar-refractivity contribution in [2.24, 2.45) is 5.73 Å². The van der Waals surface area contributed by atoms with Crippen LogP contribution in [0.3, 0.4) is 0 Å². The van der Waals surface area contributed by atoms with E-state index in [1.54, 1.807) is 7.11 Å². The summed E-state index contributed by atoms with van der Waals surface area (Å²) in [5.41, 5.74) is 5.70. The lowest BCUT2D eigenvalue weighted by molar-refractivity contribution is 0.178. The van der Waals surface area contributed by atoms with Crippen LogP contribution in [0.1, 0.15) is 20.3 Å². The highest BCUT2D eigenvalue weighted by atomic mass is 16.5. The smallest absolute Gasteiger partial charge is 0.0626 e. The van der Waals surface area contributed by atoms with Crippen molar-refractivity contribution in [2.45, 2.75) is 32.4 Å². The SMILES string of the molecule is CCC(C)NCC(N)COC. The van der Waals surface area contributed by atoms with Crippen molar-refractivity contribution in [3.8, 4) is 0 Å². The molecule has 2 atom stereocenters. The molecule has 0 saturated heterocycles. The zero-order valence-electron chi connectivity index (χ0n) is 7.76. The molecule has 0 aliphatic heterocycles. The first-order chi connectivity index (χ1) is 5.20. The minimum absolute atomic E-state index is 0.119. The van der Waals surface area contributed by atoms with Gasteiger partial charge in [-0.25, -0.2) is 0 Å². The van der Waals surface area contributed by atoms with Gasteiger partial charge in [-0.05, 0) is 13.3 Å². The Morgan fingerprint density at radius 3 is 2.64 bits per heavy atom. The molecule has 3 N–H and O–H groups in total. The second-order valence-corrected chi connectivity index (χ2v) is 2.93. The molecule has 0 heterocycles. The Labute approximate surface area is 69.3 Å². The highest BCUT2D eigenvalue weighted by Gasteiger charge is 2.02. The molecule has 0 spiro atoms. The Morgan fingerprint density at radius 1 is 1.55 bits per heavy atom. The van der Waals surface area contributed by atoms with Gasteiger partial charge in [0.25, 0.3) is 0 Å². The fourth-order valence-corrected chi connectivity index (χ4v) is 0.770. The molecule has 0 bridgehead atoms. The summed E-state index contributed by atoms with van der Waals surface area (Å²) in [7, 11) is 1.67. The van der Waals surface area contributed by atoms with Crippen LogP contribution in [0.2, 0.25) is 0 Å². The van der Waals surface area contributed by atoms with Gasteiger partial charge < -0.3 is 15.8 Å². The van der Waals surface area contributed by atoms with E-state index in [0.29, 0.717) is 12.6 Å². The number of nitrogens with one attached hydrogen (secondary N) is 1. The van der Waals surface area contributed by atoms with Gasteiger partial charge in [0.05, 0.1) is 6.61 Å². The third-order valence-electron chi connectivity index (χ3n) is 1.72. The Hall–Kier alpha value is -0.120. The second-order valence-electron chi connectivity index (χ2n) is 2.93. The highest BCUT2D eigenvalue weighted by molar-refractivity contribution is 4.66. The number of hydrogen-bond acceptors (Lipinski definition) is 3. The van der Waals surface area contributed by atoms with Crippen molar-refractivity contribution in [3.63, 3.8) is 0 Å². The lowest BCUT2D eigenvalue weighted by Gasteiger charge is -2.15. The van der Waals surface area contributed by atoms with Crippen molar-refractivity contribution < 1.29 is 4.74 Å². The first-order valence-corrected chi connectivity index (χ1v) is 4.18. The number of nitrogens with two attached hydrogens (primary N) is 1. The topological polar surface area (TPSA) is 47.3 Å². The molecule has 11 heavy (non-hydrogen) atoms. The third kappa shape index (κ3) is 6.28. The normalized spacial score (nSPS) is 16.4. The first kappa shape index (κ1) is 10.9. The lowest BCUT2D eigenvalue weighted by Crippen LogP contribution is -2.40. The maximum Gasteiger partial charge on any atom is 0.0626 e. The fourth-order valence-electron chi connectivity index (χ4n) is 0.770. The van der Waals surface area contributed by atoms with Gasteiger partial charge in [-0.3, -0.25) is 0 Å². The fraction of sp³-hybridized carbons (Fsp3) is 1.00. The molecule has 0 aromatic rings. The Morgan fingerprint density at radius 2 is 2.18 bits per heavy atom. The van der Waals surface area contributed by atoms with Crippen LogP contribution < -0.4 is 11.1 Å². The molecule has 2 unspecified atom stereocenters. The molecule has 0 rings (SSSR count). The van der Waals surface area contributed by atoms with Gasteiger partial charge in [0.2, 0.25) is 0 Å². The summed E-state index contributed by atoms with van der Waals surface area (Å²) in [6.07, 6.45) is 1.14. The summed E-state index contributed by atoms with van der Waals surface area (Å²) in [4.78, 5) is 0. The second kappa shape index (κ2) is 6.58. The van der Waals surface area contributed by atoms with Gasteiger partial charge in [-0.1, -0.05) is 6.92 Å². The van der Waals surface area contributed by atoms with E-state index in [1.807, 2.05) is 0 Å². The lowest BCUT2D eigenvalue weighted by atomic mass is 10.2. The monoisotopic (exact) mass is 160 g/mol. The molecule has 3 heteroatoms. The largest absolute Gasteiger partial charge is 0.383 e. The van der Waals surface area contributed by atoms with Crippen LogP contribution in [0.5, 0.6) is 0 Å². The van der Waals surface area contributed by atoms with Gasteiger partial charge in [-0.15, -0.1) is 0 Å². The number of methoxy groups -OCH3 is 1. The molecule has 0 fully saturated rings. The van der Waals surface area contributed by atoms with Crippen LogP contribution in [-0.2, 0) is 4.74 Å². The van der Waals surface area contributed by atoms with E-state index in [9.17, 15) is 0 Å². The molecule has 0 aliphatic carbocycles. The summed E-state index contributed by atoms with van der Waals surface area (Å²) in [6, 6.07) is 0.673. The third-order valence-corrected chi connectivity index (χ3v) is 1.72. The van der Waals surface area contributed by atoms with Gasteiger partial charge in [-0.2, -0.15) is 0 Å². The predicted molar refractivity (Wildman–Crippen MR) is 47.6 cm³/mol. The van der Waals surface area contributed by atoms with E-state index in [0.717, 1.165) is 13.0 Å². The number of ether oxygens (including phenoxy) is 1. The summed E-state index contributed by atoms with van der Waals surface area (Å²) < 4.78 is 4.90. The molecule has 0 aromatic carbocycles. The van der Waals surface area contributed by atoms with Crippen molar-refractivity contribution in [3.05, 3.63) is 0 Å². The van der Waals surface area contributed by atoms with E-state index in [1.165, 1.54) is 0 Å². The average Bonchev–Trinajstić information content (AvgIpc) is 2.01. The molecule has 0 aromatic heterocycles. The van der Waals surface area contributed by atoms with Gasteiger partial charge in [0, 0.05) is 25.7 Å². The number of hydrogen-bond donors (Lipinski definition) is 2. The van der Waals surface area contributed by atoms with E-state index < -0.39 is 0 Å². The molecule has 0 saturated carbocycles. The highest BCUT2D eigenvalue weighted by Crippen LogP contribution is 1.87. The van der Waals surface area contributed by atoms with Crippen LogP contribution in [0.25, 0.3) is 0 Å². The van der Waals surface area contributed by atoms with Crippen molar-refractivity contribution in [1.82, 2.24) is 5.32 Å². The zero-order chi connectivity index (χ0) is 8.69. The van der Waals surface area contributed by atoms with Gasteiger partial charge >= 0.3 is 0 Å². The minimum Gasteiger partial charge on any atom is -0.383 e. The summed E-state index contributed by atoms with van der Waals surface area (Å²) in [5.74, 6) is 0. The molecule has 3 nitrogen and oxygen atoms in total. The van der Waals surface area contributed by atoms with E-state index >= 15 is 0 Å². The predicted octanol–water partition coefficient (Wildman–Crippen LogP) is 0.348. The molecular formula is C8H20N2O. The maximum absolute atomic E-state index is 5.70. The van der Waals surface area contributed by atoms with Crippen LogP contribution in [0, 0.1) is 0 Å². The molecular weight excluding hydrogens is 140 g/mol. The summed E-state index contributed by atoms with van der Waals surface area (Å²) in [6.45, 7) is 5.77. The van der Waals surface area contributed by atoms with Gasteiger partial charge in [0.15, 0.2) is 0 Å². The quantitative estimate of drug-likeness (QED) is 0.589. The van der Waals surface area contributed by atoms with Crippen LogP contribution in [0.15, 0.2) is 0 Å². The summed E-state index contributed by atoms with van der Waals surface area (Å²) in [5, 5.41) is 3.31. The van der Waals surface area contributed by atoms with E-state index in [2.05, 4.69) is 19.2 Å². The van der Waals surface area contributed by atoms with Crippen LogP contribution in [0.4, 0.5) is 0 Å². The van der Waals surface area contributed by atoms with Crippen molar-refractivity contribution >= 4 is 0 Å². The molecule has 68 valence electrons. The van der Waals surface area contributed by atoms with E-state index in [-0.39, 0.29) is 6.04 Å². The van der Waals surface area contributed by atoms with E-state index in [4.69, 9.17) is 10.5 Å². The summed E-state index contributed by atoms with van der Waals surface area (Å²) >= 11 is 0. The molecule has 0 radical (unpaired) electrons. The van der Waals surface area contributed by atoms with Crippen LogP contribution >= 0.6 is 0 Å². The van der Waals surface area contributed by atoms with Crippen molar-refractivity contribution in [1.29, 1.82) is 0 Å². The Kier molecular flexibility index (Phi) is 6.51. The van der Waals surface area contributed by atoms with Crippen molar-refractivity contribution in [2.75, 3.05) is 20.3 Å². The van der Waals surface area contributed by atoms with Crippen LogP contribution in [-0.4, -0.2) is 32.3 Å². The number of rotatable bonds is 6. The Balaban J connectivity index is 3.22. The van der Waals surface area contributed by atoms with Gasteiger partial charge in [0.1, 0.15) is 0 Å². The average molecular weight is 160 g/mol. The minimum atomic E-state index is 0.119. The standard InChI is InChI=1S/C8H20N2O/c1-4-7(2)10-5-8(9)6-11-3/h7-8,10H,4-6,9H2,1-3H3. The zero-order valence-corrected chi connectivity index (χ0v) is 7.76. The Bertz CT molecular complexity index is 88.2. The first-order valence-electron chi connectivity index (χ1n) is 4.18. The maximum atomic E-state index is 5.70. The molecule has 0 amide bonds.